The number of anilines is 1. The molecule has 0 saturated heterocycles. The summed E-state index contributed by atoms with van der Waals surface area (Å²) < 4.78 is 18.1. The van der Waals surface area contributed by atoms with E-state index in [1.54, 1.807) is 24.5 Å². The molecule has 0 fully saturated rings. The van der Waals surface area contributed by atoms with Crippen molar-refractivity contribution < 1.29 is 8.91 Å². The van der Waals surface area contributed by atoms with E-state index in [1.807, 2.05) is 0 Å². The maximum atomic E-state index is 12.9. The van der Waals surface area contributed by atoms with Crippen molar-refractivity contribution in [3.05, 3.63) is 48.7 Å². The Morgan fingerprint density at radius 3 is 2.58 bits per heavy atom. The molecule has 3 heterocycles. The molecule has 3 aromatic heterocycles. The summed E-state index contributed by atoms with van der Waals surface area (Å²) in [6.07, 6.45) is 4.40. The molecular formula is C13H9FN4O. The number of hydrogen-bond acceptors (Lipinski definition) is 5. The van der Waals surface area contributed by atoms with Crippen LogP contribution in [0.1, 0.15) is 0 Å². The highest BCUT2D eigenvalue weighted by Gasteiger charge is 2.18. The number of nitrogens with two attached hydrogens (primary N) is 1. The molecule has 3 rings (SSSR count). The summed E-state index contributed by atoms with van der Waals surface area (Å²) >= 11 is 0. The van der Waals surface area contributed by atoms with E-state index in [2.05, 4.69) is 15.1 Å². The molecule has 19 heavy (non-hydrogen) atoms. The summed E-state index contributed by atoms with van der Waals surface area (Å²) in [4.78, 5) is 7.91. The highest BCUT2D eigenvalue weighted by atomic mass is 19.1. The molecule has 5 nitrogen and oxygen atoms in total. The first-order valence-electron chi connectivity index (χ1n) is 5.53. The van der Waals surface area contributed by atoms with Crippen molar-refractivity contribution in [3.8, 4) is 22.6 Å². The third kappa shape index (κ3) is 2.03. The average Bonchev–Trinajstić information content (AvgIpc) is 2.82. The molecule has 0 amide bonds. The minimum absolute atomic E-state index is 0.257. The van der Waals surface area contributed by atoms with Crippen molar-refractivity contribution in [3.63, 3.8) is 0 Å². The predicted octanol–water partition coefficient (Wildman–Crippen LogP) is 2.52. The summed E-state index contributed by atoms with van der Waals surface area (Å²) in [5.74, 6) is 0.248. The second kappa shape index (κ2) is 4.49. The van der Waals surface area contributed by atoms with E-state index in [9.17, 15) is 4.39 Å². The Labute approximate surface area is 107 Å². The van der Waals surface area contributed by atoms with Gasteiger partial charge in [-0.3, -0.25) is 4.98 Å². The maximum Gasteiger partial charge on any atom is 0.195 e. The summed E-state index contributed by atoms with van der Waals surface area (Å²) in [5.41, 5.74) is 7.72. The van der Waals surface area contributed by atoms with E-state index in [0.717, 1.165) is 11.8 Å². The third-order valence-corrected chi connectivity index (χ3v) is 2.65. The Hall–Kier alpha value is -2.76. The van der Waals surface area contributed by atoms with E-state index in [0.29, 0.717) is 17.0 Å². The first-order chi connectivity index (χ1) is 9.25. The van der Waals surface area contributed by atoms with Crippen molar-refractivity contribution in [2.75, 3.05) is 5.73 Å². The Bertz CT molecular complexity index is 694. The zero-order chi connectivity index (χ0) is 13.2. The molecule has 0 aliphatic carbocycles. The van der Waals surface area contributed by atoms with E-state index in [-0.39, 0.29) is 5.82 Å². The standard InChI is InChI=1S/C13H9FN4O/c14-9-1-2-10(17-7-9)12-11(13(15)18-19-12)8-3-5-16-6-4-8/h1-7H,(H2,15,18). The molecular weight excluding hydrogens is 247 g/mol. The Morgan fingerprint density at radius 2 is 1.89 bits per heavy atom. The van der Waals surface area contributed by atoms with Crippen LogP contribution in [0.5, 0.6) is 0 Å². The van der Waals surface area contributed by atoms with Crippen LogP contribution in [0.3, 0.4) is 0 Å². The molecule has 0 aromatic carbocycles. The molecule has 0 bridgehead atoms. The number of nitrogens with zero attached hydrogens (tertiary/aromatic N) is 3. The van der Waals surface area contributed by atoms with Gasteiger partial charge in [0.1, 0.15) is 11.5 Å². The summed E-state index contributed by atoms with van der Waals surface area (Å²) in [7, 11) is 0. The number of halogens is 1. The molecule has 0 aliphatic heterocycles. The number of aromatic nitrogens is 3. The predicted molar refractivity (Wildman–Crippen MR) is 67.3 cm³/mol. The lowest BCUT2D eigenvalue weighted by atomic mass is 10.1. The van der Waals surface area contributed by atoms with Gasteiger partial charge in [0.25, 0.3) is 0 Å². The highest BCUT2D eigenvalue weighted by Crippen LogP contribution is 2.35. The van der Waals surface area contributed by atoms with Crippen LogP contribution in [0, 0.1) is 5.82 Å². The van der Waals surface area contributed by atoms with Gasteiger partial charge in [-0.2, -0.15) is 0 Å². The first kappa shape index (κ1) is 11.3. The smallest absolute Gasteiger partial charge is 0.195 e. The van der Waals surface area contributed by atoms with Gasteiger partial charge < -0.3 is 10.3 Å². The Morgan fingerprint density at radius 1 is 1.11 bits per heavy atom. The average molecular weight is 256 g/mol. The van der Waals surface area contributed by atoms with Crippen molar-refractivity contribution in [1.29, 1.82) is 0 Å². The van der Waals surface area contributed by atoms with Gasteiger partial charge >= 0.3 is 0 Å². The van der Waals surface area contributed by atoms with Crippen LogP contribution in [0.15, 0.2) is 47.4 Å². The van der Waals surface area contributed by atoms with Crippen molar-refractivity contribution >= 4 is 5.82 Å². The van der Waals surface area contributed by atoms with Gasteiger partial charge in [0.2, 0.25) is 0 Å². The van der Waals surface area contributed by atoms with Crippen molar-refractivity contribution in [2.45, 2.75) is 0 Å². The molecule has 0 spiro atoms. The summed E-state index contributed by atoms with van der Waals surface area (Å²) in [5, 5.41) is 3.74. The van der Waals surface area contributed by atoms with E-state index < -0.39 is 5.82 Å². The fourth-order valence-electron chi connectivity index (χ4n) is 1.78. The minimum atomic E-state index is -0.415. The van der Waals surface area contributed by atoms with Gasteiger partial charge in [0.15, 0.2) is 11.6 Å². The van der Waals surface area contributed by atoms with E-state index in [1.165, 1.54) is 12.1 Å². The fourth-order valence-corrected chi connectivity index (χ4v) is 1.78. The van der Waals surface area contributed by atoms with E-state index >= 15 is 0 Å². The molecule has 0 aliphatic rings. The molecule has 0 radical (unpaired) electrons. The van der Waals surface area contributed by atoms with Gasteiger partial charge in [0, 0.05) is 12.4 Å². The zero-order valence-electron chi connectivity index (χ0n) is 9.75. The molecule has 6 heteroatoms. The van der Waals surface area contributed by atoms with Gasteiger partial charge in [-0.05, 0) is 29.8 Å². The normalized spacial score (nSPS) is 10.6. The highest BCUT2D eigenvalue weighted by molar-refractivity contribution is 5.85. The van der Waals surface area contributed by atoms with Crippen LogP contribution in [-0.2, 0) is 0 Å². The monoisotopic (exact) mass is 256 g/mol. The lowest BCUT2D eigenvalue weighted by Gasteiger charge is -2.01. The fraction of sp³-hybridized carbons (Fsp3) is 0. The summed E-state index contributed by atoms with van der Waals surface area (Å²) in [6, 6.07) is 6.39. The van der Waals surface area contributed by atoms with Gasteiger partial charge in [0.05, 0.1) is 11.8 Å². The largest absolute Gasteiger partial charge is 0.380 e. The van der Waals surface area contributed by atoms with Crippen LogP contribution in [-0.4, -0.2) is 15.1 Å². The van der Waals surface area contributed by atoms with Crippen LogP contribution in [0.25, 0.3) is 22.6 Å². The molecule has 2 N–H and O–H groups in total. The first-order valence-corrected chi connectivity index (χ1v) is 5.53. The lowest BCUT2D eigenvalue weighted by Crippen LogP contribution is -1.90. The molecule has 94 valence electrons. The van der Waals surface area contributed by atoms with Gasteiger partial charge in [-0.1, -0.05) is 5.16 Å². The van der Waals surface area contributed by atoms with Crippen molar-refractivity contribution in [1.82, 2.24) is 15.1 Å². The number of pyridine rings is 2. The van der Waals surface area contributed by atoms with Crippen molar-refractivity contribution in [2.24, 2.45) is 0 Å². The van der Waals surface area contributed by atoms with E-state index in [4.69, 9.17) is 10.3 Å². The minimum Gasteiger partial charge on any atom is -0.380 e. The number of hydrogen-bond donors (Lipinski definition) is 1. The molecule has 0 saturated carbocycles. The third-order valence-electron chi connectivity index (χ3n) is 2.65. The zero-order valence-corrected chi connectivity index (χ0v) is 9.75. The van der Waals surface area contributed by atoms with Gasteiger partial charge in [-0.15, -0.1) is 0 Å². The Kier molecular flexibility index (Phi) is 2.68. The van der Waals surface area contributed by atoms with Crippen LogP contribution < -0.4 is 5.73 Å². The van der Waals surface area contributed by atoms with Gasteiger partial charge in [-0.25, -0.2) is 9.37 Å². The van der Waals surface area contributed by atoms with Crippen LogP contribution in [0.4, 0.5) is 10.2 Å². The molecule has 0 atom stereocenters. The number of nitrogen functional groups attached to an aromatic ring is 1. The number of rotatable bonds is 2. The summed E-state index contributed by atoms with van der Waals surface area (Å²) in [6.45, 7) is 0. The molecule has 3 aromatic rings. The SMILES string of the molecule is Nc1noc(-c2ccc(F)cn2)c1-c1ccncc1. The second-order valence-electron chi connectivity index (χ2n) is 3.87. The second-order valence-corrected chi connectivity index (χ2v) is 3.87. The quantitative estimate of drug-likeness (QED) is 0.762. The Balaban J connectivity index is 2.16. The molecule has 0 unspecified atom stereocenters. The lowest BCUT2D eigenvalue weighted by molar-refractivity contribution is 0.434. The van der Waals surface area contributed by atoms with Crippen LogP contribution in [0.2, 0.25) is 0 Å². The maximum absolute atomic E-state index is 12.9. The topological polar surface area (TPSA) is 77.8 Å². The van der Waals surface area contributed by atoms with Crippen LogP contribution >= 0.6 is 0 Å².